The van der Waals surface area contributed by atoms with E-state index in [2.05, 4.69) is 35.0 Å². The maximum Gasteiger partial charge on any atom is 0.163 e. The van der Waals surface area contributed by atoms with Gasteiger partial charge in [0.1, 0.15) is 6.10 Å². The standard InChI is InChI=1S/C14H23BrO3/c1-4-11-10(15)7-5-6-8-12(17-11)13-9-16-14(2,3)18-13/h5-6,10-13H,4,7-9H2,1-3H3/b6-5-/t10-,11+,12+,13+/m0/s1. The minimum Gasteiger partial charge on any atom is -0.371 e. The largest absolute Gasteiger partial charge is 0.371 e. The minimum absolute atomic E-state index is 0.0384. The zero-order valence-corrected chi connectivity index (χ0v) is 13.0. The molecule has 2 aliphatic rings. The van der Waals surface area contributed by atoms with E-state index in [-0.39, 0.29) is 18.3 Å². The van der Waals surface area contributed by atoms with Gasteiger partial charge in [-0.25, -0.2) is 0 Å². The normalized spacial score (nSPS) is 42.2. The maximum absolute atomic E-state index is 6.23. The number of allylic oxidation sites excluding steroid dienone is 1. The molecule has 0 saturated carbocycles. The lowest BCUT2D eigenvalue weighted by molar-refractivity contribution is -0.162. The molecular weight excluding hydrogens is 296 g/mol. The highest BCUT2D eigenvalue weighted by molar-refractivity contribution is 9.09. The molecule has 104 valence electrons. The van der Waals surface area contributed by atoms with Gasteiger partial charge in [0.25, 0.3) is 0 Å². The molecule has 1 fully saturated rings. The molecule has 4 heteroatoms. The molecule has 0 aliphatic carbocycles. The summed E-state index contributed by atoms with van der Waals surface area (Å²) in [6.45, 7) is 6.69. The fourth-order valence-corrected chi connectivity index (χ4v) is 3.18. The highest BCUT2D eigenvalue weighted by atomic mass is 79.9. The molecule has 0 spiro atoms. The number of halogens is 1. The van der Waals surface area contributed by atoms with E-state index in [0.717, 1.165) is 19.3 Å². The lowest BCUT2D eigenvalue weighted by Gasteiger charge is -2.31. The van der Waals surface area contributed by atoms with Gasteiger partial charge in [0, 0.05) is 4.83 Å². The third-order valence-electron chi connectivity index (χ3n) is 3.50. The fraction of sp³-hybridized carbons (Fsp3) is 0.857. The molecule has 18 heavy (non-hydrogen) atoms. The molecule has 0 aromatic rings. The van der Waals surface area contributed by atoms with Crippen molar-refractivity contribution < 1.29 is 14.2 Å². The van der Waals surface area contributed by atoms with E-state index in [9.17, 15) is 0 Å². The Hall–Kier alpha value is 0.100. The summed E-state index contributed by atoms with van der Waals surface area (Å²) in [4.78, 5) is 0.386. The monoisotopic (exact) mass is 318 g/mol. The van der Waals surface area contributed by atoms with Crippen molar-refractivity contribution in [2.24, 2.45) is 0 Å². The van der Waals surface area contributed by atoms with E-state index < -0.39 is 5.79 Å². The van der Waals surface area contributed by atoms with Gasteiger partial charge < -0.3 is 14.2 Å². The van der Waals surface area contributed by atoms with E-state index in [1.807, 2.05) is 13.8 Å². The van der Waals surface area contributed by atoms with Gasteiger partial charge in [-0.15, -0.1) is 0 Å². The first-order valence-electron chi connectivity index (χ1n) is 6.78. The number of ether oxygens (including phenoxy) is 3. The van der Waals surface area contributed by atoms with Gasteiger partial charge in [-0.1, -0.05) is 35.0 Å². The molecule has 0 N–H and O–H groups in total. The van der Waals surface area contributed by atoms with Crippen LogP contribution >= 0.6 is 15.9 Å². The molecule has 3 nitrogen and oxygen atoms in total. The summed E-state index contributed by atoms with van der Waals surface area (Å²) < 4.78 is 17.8. The first-order chi connectivity index (χ1) is 8.52. The van der Waals surface area contributed by atoms with E-state index in [1.165, 1.54) is 0 Å². The Balaban J connectivity index is 2.02. The van der Waals surface area contributed by atoms with E-state index in [0.29, 0.717) is 11.4 Å². The van der Waals surface area contributed by atoms with Crippen LogP contribution in [0, 0.1) is 0 Å². The third-order valence-corrected chi connectivity index (χ3v) is 4.46. The van der Waals surface area contributed by atoms with Gasteiger partial charge in [-0.2, -0.15) is 0 Å². The molecule has 0 aromatic heterocycles. The highest BCUT2D eigenvalue weighted by Gasteiger charge is 2.39. The smallest absolute Gasteiger partial charge is 0.163 e. The molecule has 1 saturated heterocycles. The molecule has 0 radical (unpaired) electrons. The van der Waals surface area contributed by atoms with Gasteiger partial charge >= 0.3 is 0 Å². The predicted molar refractivity (Wildman–Crippen MR) is 74.9 cm³/mol. The summed E-state index contributed by atoms with van der Waals surface area (Å²) in [5, 5.41) is 0. The summed E-state index contributed by atoms with van der Waals surface area (Å²) in [6.07, 6.45) is 7.74. The van der Waals surface area contributed by atoms with Gasteiger partial charge in [0.15, 0.2) is 5.79 Å². The Bertz CT molecular complexity index is 303. The molecule has 4 atom stereocenters. The van der Waals surface area contributed by atoms with Crippen molar-refractivity contribution in [2.45, 2.75) is 69.0 Å². The third kappa shape index (κ3) is 3.56. The zero-order valence-electron chi connectivity index (χ0n) is 11.4. The van der Waals surface area contributed by atoms with Crippen molar-refractivity contribution in [3.63, 3.8) is 0 Å². The quantitative estimate of drug-likeness (QED) is 0.577. The minimum atomic E-state index is -0.477. The van der Waals surface area contributed by atoms with Crippen LogP contribution in [0.25, 0.3) is 0 Å². The number of rotatable bonds is 2. The van der Waals surface area contributed by atoms with Crippen LogP contribution in [-0.4, -0.2) is 35.5 Å². The zero-order chi connectivity index (χ0) is 13.2. The average molecular weight is 319 g/mol. The average Bonchev–Trinajstić information content (AvgIpc) is 2.65. The molecule has 0 amide bonds. The molecule has 0 unspecified atom stereocenters. The van der Waals surface area contributed by atoms with E-state index >= 15 is 0 Å². The van der Waals surface area contributed by atoms with Crippen LogP contribution in [0.15, 0.2) is 12.2 Å². The second kappa shape index (κ2) is 6.04. The number of alkyl halides is 1. The molecular formula is C14H23BrO3. The van der Waals surface area contributed by atoms with Crippen LogP contribution in [0.3, 0.4) is 0 Å². The molecule has 2 heterocycles. The van der Waals surface area contributed by atoms with Crippen LogP contribution in [0.5, 0.6) is 0 Å². The summed E-state index contributed by atoms with van der Waals surface area (Å²) in [5.74, 6) is -0.477. The van der Waals surface area contributed by atoms with Crippen molar-refractivity contribution in [3.05, 3.63) is 12.2 Å². The Kier molecular flexibility index (Phi) is 4.86. The number of hydrogen-bond acceptors (Lipinski definition) is 3. The maximum atomic E-state index is 6.23. The number of hydrogen-bond donors (Lipinski definition) is 0. The van der Waals surface area contributed by atoms with Crippen LogP contribution in [-0.2, 0) is 14.2 Å². The Labute approximate surface area is 118 Å². The fourth-order valence-electron chi connectivity index (χ4n) is 2.46. The van der Waals surface area contributed by atoms with Gasteiger partial charge in [0.05, 0.1) is 18.8 Å². The molecule has 2 rings (SSSR count). The first-order valence-corrected chi connectivity index (χ1v) is 7.69. The van der Waals surface area contributed by atoms with Crippen molar-refractivity contribution in [2.75, 3.05) is 6.61 Å². The van der Waals surface area contributed by atoms with Crippen molar-refractivity contribution in [1.29, 1.82) is 0 Å². The molecule has 0 bridgehead atoms. The highest BCUT2D eigenvalue weighted by Crippen LogP contribution is 2.30. The Morgan fingerprint density at radius 2 is 1.94 bits per heavy atom. The van der Waals surface area contributed by atoms with Crippen LogP contribution in [0.2, 0.25) is 0 Å². The second-order valence-corrected chi connectivity index (χ2v) is 6.62. The second-order valence-electron chi connectivity index (χ2n) is 5.45. The molecule has 2 aliphatic heterocycles. The molecule has 0 aromatic carbocycles. The predicted octanol–water partition coefficient (Wildman–Crippen LogP) is 3.42. The van der Waals surface area contributed by atoms with Crippen molar-refractivity contribution in [3.8, 4) is 0 Å². The van der Waals surface area contributed by atoms with E-state index in [4.69, 9.17) is 14.2 Å². The lowest BCUT2D eigenvalue weighted by Crippen LogP contribution is -2.38. The lowest BCUT2D eigenvalue weighted by atomic mass is 10.0. The van der Waals surface area contributed by atoms with E-state index in [1.54, 1.807) is 0 Å². The SMILES string of the molecule is CC[C@H]1O[C@@H]([C@H]2COC(C)(C)O2)C/C=C\C[C@@H]1Br. The Morgan fingerprint density at radius 3 is 2.56 bits per heavy atom. The summed E-state index contributed by atoms with van der Waals surface area (Å²) in [6, 6.07) is 0. The summed E-state index contributed by atoms with van der Waals surface area (Å²) in [5.41, 5.74) is 0. The topological polar surface area (TPSA) is 27.7 Å². The van der Waals surface area contributed by atoms with Crippen molar-refractivity contribution in [1.82, 2.24) is 0 Å². The van der Waals surface area contributed by atoms with Crippen molar-refractivity contribution >= 4 is 15.9 Å². The van der Waals surface area contributed by atoms with Crippen LogP contribution < -0.4 is 0 Å². The van der Waals surface area contributed by atoms with Gasteiger partial charge in [-0.3, -0.25) is 0 Å². The van der Waals surface area contributed by atoms with Gasteiger partial charge in [-0.05, 0) is 33.1 Å². The van der Waals surface area contributed by atoms with Crippen LogP contribution in [0.1, 0.15) is 40.0 Å². The van der Waals surface area contributed by atoms with Crippen LogP contribution in [0.4, 0.5) is 0 Å². The Morgan fingerprint density at radius 1 is 1.22 bits per heavy atom. The summed E-state index contributed by atoms with van der Waals surface area (Å²) in [7, 11) is 0. The first kappa shape index (κ1) is 14.5. The van der Waals surface area contributed by atoms with Gasteiger partial charge in [0.2, 0.25) is 0 Å². The summed E-state index contributed by atoms with van der Waals surface area (Å²) >= 11 is 3.71.